The van der Waals surface area contributed by atoms with Gasteiger partial charge < -0.3 is 5.73 Å². The number of thioether (sulfide) groups is 1. The number of hydrogen-bond donors (Lipinski definition) is 1. The summed E-state index contributed by atoms with van der Waals surface area (Å²) < 4.78 is 0. The fraction of sp³-hybridized carbons (Fsp3) is 1.00. The fourth-order valence-electron chi connectivity index (χ4n) is 2.48. The van der Waals surface area contributed by atoms with Crippen LogP contribution in [0.2, 0.25) is 0 Å². The normalized spacial score (nSPS) is 26.4. The summed E-state index contributed by atoms with van der Waals surface area (Å²) in [6.07, 6.45) is 11.5. The van der Waals surface area contributed by atoms with Gasteiger partial charge >= 0.3 is 0 Å². The van der Waals surface area contributed by atoms with Crippen LogP contribution in [0, 0.1) is 5.41 Å². The SMILES string of the molecule is NCCC1(CSC2CCCCC2)CC1. The molecule has 0 aliphatic heterocycles. The summed E-state index contributed by atoms with van der Waals surface area (Å²) in [5.41, 5.74) is 6.35. The van der Waals surface area contributed by atoms with E-state index in [0.29, 0.717) is 5.41 Å². The van der Waals surface area contributed by atoms with Crippen molar-refractivity contribution in [1.29, 1.82) is 0 Å². The molecule has 2 fully saturated rings. The molecule has 0 aromatic rings. The third-order valence-electron chi connectivity index (χ3n) is 3.81. The third-order valence-corrected chi connectivity index (χ3v) is 5.53. The van der Waals surface area contributed by atoms with Crippen LogP contribution in [0.15, 0.2) is 0 Å². The highest BCUT2D eigenvalue weighted by atomic mass is 32.2. The standard InChI is InChI=1S/C12H23NS/c13-9-8-12(6-7-12)10-14-11-4-2-1-3-5-11/h11H,1-10,13H2. The van der Waals surface area contributed by atoms with E-state index in [2.05, 4.69) is 11.8 Å². The van der Waals surface area contributed by atoms with Crippen molar-refractivity contribution in [3.63, 3.8) is 0 Å². The monoisotopic (exact) mass is 213 g/mol. The molecular weight excluding hydrogens is 190 g/mol. The lowest BCUT2D eigenvalue weighted by Crippen LogP contribution is -2.15. The Kier molecular flexibility index (Phi) is 3.78. The van der Waals surface area contributed by atoms with Crippen molar-refractivity contribution in [3.8, 4) is 0 Å². The van der Waals surface area contributed by atoms with E-state index in [4.69, 9.17) is 5.73 Å². The Labute approximate surface area is 92.2 Å². The van der Waals surface area contributed by atoms with Gasteiger partial charge in [-0.25, -0.2) is 0 Å². The van der Waals surface area contributed by atoms with E-state index in [1.807, 2.05) is 0 Å². The van der Waals surface area contributed by atoms with Gasteiger partial charge in [0.15, 0.2) is 0 Å². The summed E-state index contributed by atoms with van der Waals surface area (Å²) in [5, 5.41) is 0.985. The molecule has 0 saturated heterocycles. The van der Waals surface area contributed by atoms with E-state index in [1.165, 1.54) is 57.1 Å². The highest BCUT2D eigenvalue weighted by Crippen LogP contribution is 2.51. The number of nitrogens with two attached hydrogens (primary N) is 1. The van der Waals surface area contributed by atoms with Gasteiger partial charge in [-0.1, -0.05) is 19.3 Å². The Hall–Kier alpha value is 0.310. The number of rotatable bonds is 5. The van der Waals surface area contributed by atoms with Crippen molar-refractivity contribution in [2.45, 2.75) is 56.6 Å². The summed E-state index contributed by atoms with van der Waals surface area (Å²) in [5.74, 6) is 1.40. The smallest absolute Gasteiger partial charge is 0.00472 e. The van der Waals surface area contributed by atoms with Crippen LogP contribution in [-0.4, -0.2) is 17.5 Å². The molecule has 0 bridgehead atoms. The number of hydrogen-bond acceptors (Lipinski definition) is 2. The first-order valence-electron chi connectivity index (χ1n) is 6.16. The Balaban J connectivity index is 1.65. The van der Waals surface area contributed by atoms with Crippen LogP contribution in [0.1, 0.15) is 51.4 Å². The second-order valence-electron chi connectivity index (χ2n) is 5.11. The summed E-state index contributed by atoms with van der Waals surface area (Å²) >= 11 is 2.25. The highest BCUT2D eigenvalue weighted by molar-refractivity contribution is 7.99. The van der Waals surface area contributed by atoms with Gasteiger partial charge in [-0.3, -0.25) is 0 Å². The molecule has 0 unspecified atom stereocenters. The average molecular weight is 213 g/mol. The van der Waals surface area contributed by atoms with Gasteiger partial charge in [0.2, 0.25) is 0 Å². The van der Waals surface area contributed by atoms with E-state index >= 15 is 0 Å². The highest BCUT2D eigenvalue weighted by Gasteiger charge is 2.41. The van der Waals surface area contributed by atoms with Crippen LogP contribution >= 0.6 is 11.8 Å². The molecule has 1 nitrogen and oxygen atoms in total. The van der Waals surface area contributed by atoms with E-state index in [9.17, 15) is 0 Å². The molecule has 2 aliphatic carbocycles. The van der Waals surface area contributed by atoms with Crippen LogP contribution in [0.5, 0.6) is 0 Å². The van der Waals surface area contributed by atoms with Crippen LogP contribution in [0.25, 0.3) is 0 Å². The van der Waals surface area contributed by atoms with Crippen molar-refractivity contribution < 1.29 is 0 Å². The zero-order valence-electron chi connectivity index (χ0n) is 9.13. The minimum absolute atomic E-state index is 0.691. The lowest BCUT2D eigenvalue weighted by atomic mass is 10.0. The summed E-state index contributed by atoms with van der Waals surface area (Å²) in [6, 6.07) is 0. The van der Waals surface area contributed by atoms with Gasteiger partial charge in [0.05, 0.1) is 0 Å². The predicted octanol–water partition coefficient (Wildman–Crippen LogP) is 3.18. The topological polar surface area (TPSA) is 26.0 Å². The second kappa shape index (κ2) is 4.89. The molecule has 2 rings (SSSR count). The minimum Gasteiger partial charge on any atom is -0.330 e. The van der Waals surface area contributed by atoms with E-state index in [0.717, 1.165) is 11.8 Å². The Morgan fingerprint density at radius 3 is 2.43 bits per heavy atom. The van der Waals surface area contributed by atoms with Gasteiger partial charge in [0, 0.05) is 5.25 Å². The lowest BCUT2D eigenvalue weighted by Gasteiger charge is -2.23. The molecule has 2 aliphatic rings. The van der Waals surface area contributed by atoms with Crippen LogP contribution in [0.4, 0.5) is 0 Å². The Morgan fingerprint density at radius 1 is 1.14 bits per heavy atom. The Morgan fingerprint density at radius 2 is 1.86 bits per heavy atom. The largest absolute Gasteiger partial charge is 0.330 e. The molecule has 0 atom stereocenters. The van der Waals surface area contributed by atoms with Crippen molar-refractivity contribution in [2.24, 2.45) is 11.1 Å². The summed E-state index contributed by atoms with van der Waals surface area (Å²) in [7, 11) is 0. The summed E-state index contributed by atoms with van der Waals surface area (Å²) in [6.45, 7) is 0.894. The molecule has 2 N–H and O–H groups in total. The maximum atomic E-state index is 5.65. The van der Waals surface area contributed by atoms with Crippen LogP contribution < -0.4 is 5.73 Å². The predicted molar refractivity (Wildman–Crippen MR) is 64.7 cm³/mol. The molecule has 0 radical (unpaired) electrons. The van der Waals surface area contributed by atoms with Gasteiger partial charge in [-0.2, -0.15) is 11.8 Å². The van der Waals surface area contributed by atoms with E-state index in [1.54, 1.807) is 0 Å². The summed E-state index contributed by atoms with van der Waals surface area (Å²) in [4.78, 5) is 0. The molecule has 14 heavy (non-hydrogen) atoms. The van der Waals surface area contributed by atoms with E-state index in [-0.39, 0.29) is 0 Å². The molecular formula is C12H23NS. The Bertz CT molecular complexity index is 171. The molecule has 2 heteroatoms. The lowest BCUT2D eigenvalue weighted by molar-refractivity contribution is 0.507. The molecule has 0 spiro atoms. The minimum atomic E-state index is 0.691. The zero-order valence-corrected chi connectivity index (χ0v) is 9.95. The van der Waals surface area contributed by atoms with Crippen molar-refractivity contribution in [1.82, 2.24) is 0 Å². The van der Waals surface area contributed by atoms with Gasteiger partial charge in [0.25, 0.3) is 0 Å². The van der Waals surface area contributed by atoms with Crippen LogP contribution in [-0.2, 0) is 0 Å². The molecule has 82 valence electrons. The van der Waals surface area contributed by atoms with Gasteiger partial charge in [-0.15, -0.1) is 0 Å². The van der Waals surface area contributed by atoms with Gasteiger partial charge in [0.1, 0.15) is 0 Å². The molecule has 0 amide bonds. The van der Waals surface area contributed by atoms with Crippen molar-refractivity contribution in [3.05, 3.63) is 0 Å². The quantitative estimate of drug-likeness (QED) is 0.759. The molecule has 0 aromatic carbocycles. The first kappa shape index (κ1) is 10.8. The van der Waals surface area contributed by atoms with Gasteiger partial charge in [-0.05, 0) is 49.8 Å². The molecule has 0 heterocycles. The maximum Gasteiger partial charge on any atom is 0.00472 e. The molecule has 2 saturated carbocycles. The first-order chi connectivity index (χ1) is 6.85. The van der Waals surface area contributed by atoms with E-state index < -0.39 is 0 Å². The fourth-order valence-corrected chi connectivity index (χ4v) is 4.16. The molecule has 0 aromatic heterocycles. The average Bonchev–Trinajstić information content (AvgIpc) is 2.98. The second-order valence-corrected chi connectivity index (χ2v) is 6.40. The first-order valence-corrected chi connectivity index (χ1v) is 7.21. The van der Waals surface area contributed by atoms with Crippen molar-refractivity contribution in [2.75, 3.05) is 12.3 Å². The zero-order chi connectivity index (χ0) is 9.86. The maximum absolute atomic E-state index is 5.65. The van der Waals surface area contributed by atoms with Crippen LogP contribution in [0.3, 0.4) is 0 Å². The third kappa shape index (κ3) is 2.90. The van der Waals surface area contributed by atoms with Crippen molar-refractivity contribution >= 4 is 11.8 Å².